The minimum atomic E-state index is -0.622. The summed E-state index contributed by atoms with van der Waals surface area (Å²) in [6, 6.07) is 13.3. The van der Waals surface area contributed by atoms with Crippen LogP contribution in [0.3, 0.4) is 0 Å². The molecule has 140 valence electrons. The van der Waals surface area contributed by atoms with Gasteiger partial charge in [-0.05, 0) is 55.3 Å². The smallest absolute Gasteiger partial charge is 0.316 e. The number of hydrogen-bond donors (Lipinski definition) is 3. The van der Waals surface area contributed by atoms with Gasteiger partial charge in [-0.25, -0.2) is 4.79 Å². The van der Waals surface area contributed by atoms with Crippen LogP contribution >= 0.6 is 0 Å². The zero-order valence-corrected chi connectivity index (χ0v) is 15.1. The van der Waals surface area contributed by atoms with Gasteiger partial charge in [-0.15, -0.1) is 0 Å². The Morgan fingerprint density at radius 2 is 1.74 bits per heavy atom. The lowest BCUT2D eigenvalue weighted by molar-refractivity contribution is -0.117. The Bertz CT molecular complexity index is 847. The third-order valence-corrected chi connectivity index (χ3v) is 4.54. The van der Waals surface area contributed by atoms with Crippen LogP contribution in [-0.2, 0) is 4.79 Å². The van der Waals surface area contributed by atoms with Crippen LogP contribution in [0.1, 0.15) is 41.7 Å². The Balaban J connectivity index is 1.62. The Kier molecular flexibility index (Phi) is 5.40. The predicted octanol–water partition coefficient (Wildman–Crippen LogP) is 2.79. The number of carbonyl (C=O) groups is 3. The molecule has 1 saturated heterocycles. The molecule has 1 heterocycles. The molecule has 0 aliphatic carbocycles. The van der Waals surface area contributed by atoms with E-state index in [1.807, 2.05) is 19.1 Å². The summed E-state index contributed by atoms with van der Waals surface area (Å²) in [5.74, 6) is -0.0729. The summed E-state index contributed by atoms with van der Waals surface area (Å²) in [6.07, 6.45) is 1.44. The molecule has 0 bridgehead atoms. The van der Waals surface area contributed by atoms with Crippen LogP contribution in [0, 0.1) is 0 Å². The van der Waals surface area contributed by atoms with Gasteiger partial charge in [0.25, 0.3) is 5.91 Å². The van der Waals surface area contributed by atoms with Gasteiger partial charge in [-0.1, -0.05) is 12.1 Å². The highest BCUT2D eigenvalue weighted by atomic mass is 16.2. The molecule has 4 amide bonds. The first kappa shape index (κ1) is 18.4. The highest BCUT2D eigenvalue weighted by Gasteiger charge is 2.21. The minimum absolute atomic E-state index is 0.120. The van der Waals surface area contributed by atoms with Crippen LogP contribution in [0.5, 0.6) is 0 Å². The first-order valence-corrected chi connectivity index (χ1v) is 8.82. The van der Waals surface area contributed by atoms with E-state index >= 15 is 0 Å². The Labute approximate surface area is 157 Å². The number of carbonyl (C=O) groups excluding carboxylic acids is 3. The van der Waals surface area contributed by atoms with E-state index in [-0.39, 0.29) is 17.9 Å². The molecule has 0 radical (unpaired) electrons. The molecule has 0 spiro atoms. The van der Waals surface area contributed by atoms with E-state index in [0.29, 0.717) is 17.7 Å². The van der Waals surface area contributed by atoms with Gasteiger partial charge in [-0.3, -0.25) is 9.59 Å². The molecule has 0 saturated carbocycles. The van der Waals surface area contributed by atoms with Gasteiger partial charge in [0, 0.05) is 29.9 Å². The molecule has 7 heteroatoms. The predicted molar refractivity (Wildman–Crippen MR) is 104 cm³/mol. The van der Waals surface area contributed by atoms with E-state index in [2.05, 4.69) is 10.6 Å². The number of nitrogens with two attached hydrogens (primary N) is 1. The second-order valence-corrected chi connectivity index (χ2v) is 6.50. The fraction of sp³-hybridized carbons (Fsp3) is 0.250. The summed E-state index contributed by atoms with van der Waals surface area (Å²) in [5.41, 5.74) is 7.93. The highest BCUT2D eigenvalue weighted by Crippen LogP contribution is 2.22. The third kappa shape index (κ3) is 4.44. The van der Waals surface area contributed by atoms with E-state index < -0.39 is 6.03 Å². The van der Waals surface area contributed by atoms with E-state index in [1.54, 1.807) is 41.3 Å². The lowest BCUT2D eigenvalue weighted by Crippen LogP contribution is -2.27. The van der Waals surface area contributed by atoms with Crippen LogP contribution < -0.4 is 21.3 Å². The zero-order chi connectivity index (χ0) is 19.4. The number of hydrogen-bond acceptors (Lipinski definition) is 3. The number of nitrogens with zero attached hydrogens (tertiary/aromatic N) is 1. The molecule has 1 atom stereocenters. The summed E-state index contributed by atoms with van der Waals surface area (Å²) in [5, 5.41) is 5.43. The molecule has 2 aromatic carbocycles. The number of rotatable bonds is 5. The summed E-state index contributed by atoms with van der Waals surface area (Å²) >= 11 is 0. The van der Waals surface area contributed by atoms with Crippen molar-refractivity contribution >= 4 is 29.2 Å². The van der Waals surface area contributed by atoms with Crippen molar-refractivity contribution in [1.82, 2.24) is 5.32 Å². The number of anilines is 2. The van der Waals surface area contributed by atoms with E-state index in [9.17, 15) is 14.4 Å². The molecule has 4 N–H and O–H groups in total. The topological polar surface area (TPSA) is 105 Å². The number of amides is 4. The molecular formula is C20H22N4O3. The van der Waals surface area contributed by atoms with Crippen molar-refractivity contribution in [2.24, 2.45) is 5.73 Å². The molecule has 1 fully saturated rings. The average molecular weight is 366 g/mol. The molecule has 1 aliphatic rings. The second kappa shape index (κ2) is 7.90. The third-order valence-electron chi connectivity index (χ3n) is 4.54. The monoisotopic (exact) mass is 366 g/mol. The standard InChI is InChI=1S/C20H22N4O3/c1-13(14-4-8-16(9-5-14)23-20(21)27)22-19(26)15-6-10-17(11-7-15)24-12-2-3-18(24)25/h4-11,13H,2-3,12H2,1H3,(H,22,26)(H3,21,23,27). The number of benzene rings is 2. The largest absolute Gasteiger partial charge is 0.351 e. The number of primary amides is 1. The SMILES string of the molecule is CC(NC(=O)c1ccc(N2CCCC2=O)cc1)c1ccc(NC(N)=O)cc1. The highest BCUT2D eigenvalue weighted by molar-refractivity contribution is 5.97. The Hall–Kier alpha value is -3.35. The second-order valence-electron chi connectivity index (χ2n) is 6.50. The van der Waals surface area contributed by atoms with Crippen molar-refractivity contribution in [1.29, 1.82) is 0 Å². The van der Waals surface area contributed by atoms with E-state index in [1.165, 1.54) is 0 Å². The summed E-state index contributed by atoms with van der Waals surface area (Å²) in [4.78, 5) is 36.9. The fourth-order valence-corrected chi connectivity index (χ4v) is 3.07. The quantitative estimate of drug-likeness (QED) is 0.758. The molecule has 7 nitrogen and oxygen atoms in total. The average Bonchev–Trinajstić information content (AvgIpc) is 3.08. The normalized spacial score (nSPS) is 14.7. The zero-order valence-electron chi connectivity index (χ0n) is 15.1. The lowest BCUT2D eigenvalue weighted by Gasteiger charge is -2.17. The lowest BCUT2D eigenvalue weighted by atomic mass is 10.1. The van der Waals surface area contributed by atoms with Gasteiger partial charge in [0.2, 0.25) is 5.91 Å². The van der Waals surface area contributed by atoms with Crippen molar-refractivity contribution in [2.75, 3.05) is 16.8 Å². The van der Waals surface area contributed by atoms with Gasteiger partial charge >= 0.3 is 6.03 Å². The summed E-state index contributed by atoms with van der Waals surface area (Å²) in [6.45, 7) is 2.60. The van der Waals surface area contributed by atoms with E-state index in [0.717, 1.165) is 24.2 Å². The van der Waals surface area contributed by atoms with Crippen molar-refractivity contribution in [3.8, 4) is 0 Å². The van der Waals surface area contributed by atoms with Gasteiger partial charge < -0.3 is 21.3 Å². The maximum absolute atomic E-state index is 12.5. The fourth-order valence-electron chi connectivity index (χ4n) is 3.07. The van der Waals surface area contributed by atoms with Crippen molar-refractivity contribution in [3.63, 3.8) is 0 Å². The van der Waals surface area contributed by atoms with Crippen molar-refractivity contribution < 1.29 is 14.4 Å². The maximum atomic E-state index is 12.5. The van der Waals surface area contributed by atoms with Gasteiger partial charge in [0.05, 0.1) is 6.04 Å². The van der Waals surface area contributed by atoms with Gasteiger partial charge in [0.1, 0.15) is 0 Å². The van der Waals surface area contributed by atoms with Crippen LogP contribution in [0.15, 0.2) is 48.5 Å². The van der Waals surface area contributed by atoms with Crippen molar-refractivity contribution in [2.45, 2.75) is 25.8 Å². The summed E-state index contributed by atoms with van der Waals surface area (Å²) < 4.78 is 0. The van der Waals surface area contributed by atoms with Gasteiger partial charge in [0.15, 0.2) is 0 Å². The molecular weight excluding hydrogens is 344 g/mol. The first-order valence-electron chi connectivity index (χ1n) is 8.82. The number of urea groups is 1. The van der Waals surface area contributed by atoms with E-state index in [4.69, 9.17) is 5.73 Å². The molecule has 3 rings (SSSR count). The molecule has 1 unspecified atom stereocenters. The molecule has 27 heavy (non-hydrogen) atoms. The molecule has 1 aliphatic heterocycles. The minimum Gasteiger partial charge on any atom is -0.351 e. The Morgan fingerprint density at radius 3 is 2.30 bits per heavy atom. The maximum Gasteiger partial charge on any atom is 0.316 e. The molecule has 2 aromatic rings. The van der Waals surface area contributed by atoms with Crippen LogP contribution in [0.2, 0.25) is 0 Å². The van der Waals surface area contributed by atoms with Gasteiger partial charge in [-0.2, -0.15) is 0 Å². The first-order chi connectivity index (χ1) is 12.9. The van der Waals surface area contributed by atoms with Crippen LogP contribution in [0.25, 0.3) is 0 Å². The summed E-state index contributed by atoms with van der Waals surface area (Å²) in [7, 11) is 0. The molecule has 0 aromatic heterocycles. The van der Waals surface area contributed by atoms with Crippen LogP contribution in [-0.4, -0.2) is 24.4 Å². The van der Waals surface area contributed by atoms with Crippen molar-refractivity contribution in [3.05, 3.63) is 59.7 Å². The number of nitrogens with one attached hydrogen (secondary N) is 2. The Morgan fingerprint density at radius 1 is 1.07 bits per heavy atom. The van der Waals surface area contributed by atoms with Crippen LogP contribution in [0.4, 0.5) is 16.2 Å².